The summed E-state index contributed by atoms with van der Waals surface area (Å²) in [6, 6.07) is 82.1. The summed E-state index contributed by atoms with van der Waals surface area (Å²) in [5, 5.41) is 2.27. The molecule has 2 aliphatic carbocycles. The van der Waals surface area contributed by atoms with Gasteiger partial charge >= 0.3 is 0 Å². The number of fused-ring (bicyclic) bond motifs is 9. The standard InChI is InChI=1S/C68H51NO/c1-66(2,3)47-29-35-52-53-36-30-48-40-59(53)68(58(52)39-47)57-22-14-12-20-51(57)55-41-56-54-21-13-15-23-62(54)70-65(56)63(64(55)68)45-26-33-50(34-27-45)69(49-31-24-44(25-32-49)42-16-8-6-9-17-42)61-37-28-46(38-60(61)67(48,4)5)43-18-10-7-11-19-43/h6-41H,1-5H3. The molecule has 0 radical (unpaired) electrons. The highest BCUT2D eigenvalue weighted by Crippen LogP contribution is 2.67. The zero-order valence-corrected chi connectivity index (χ0v) is 40.1. The maximum atomic E-state index is 7.19. The van der Waals surface area contributed by atoms with Crippen LogP contribution in [0.3, 0.4) is 0 Å². The van der Waals surface area contributed by atoms with E-state index in [1.807, 2.05) is 0 Å². The molecule has 1 aromatic heterocycles. The zero-order valence-electron chi connectivity index (χ0n) is 40.1. The Morgan fingerprint density at radius 1 is 0.414 bits per heavy atom. The highest BCUT2D eigenvalue weighted by atomic mass is 16.3. The van der Waals surface area contributed by atoms with Crippen LogP contribution in [-0.4, -0.2) is 0 Å². The van der Waals surface area contributed by atoms with Crippen LogP contribution in [0.25, 0.3) is 77.6 Å². The minimum Gasteiger partial charge on any atom is -0.455 e. The molecule has 2 nitrogen and oxygen atoms in total. The number of benzene rings is 10. The normalized spacial score (nSPS) is 15.9. The highest BCUT2D eigenvalue weighted by molar-refractivity contribution is 6.15. The minimum absolute atomic E-state index is 0.0641. The van der Waals surface area contributed by atoms with Crippen LogP contribution in [-0.2, 0) is 16.2 Å². The second-order valence-electron chi connectivity index (χ2n) is 21.2. The monoisotopic (exact) mass is 897 g/mol. The number of hydrogen-bond acceptors (Lipinski definition) is 2. The Hall–Kier alpha value is -8.20. The van der Waals surface area contributed by atoms with Gasteiger partial charge in [0.1, 0.15) is 11.2 Å². The van der Waals surface area contributed by atoms with Crippen molar-refractivity contribution in [2.24, 2.45) is 0 Å². The van der Waals surface area contributed by atoms with Crippen LogP contribution in [0.5, 0.6) is 0 Å². The molecule has 4 bridgehead atoms. The molecule has 1 spiro atoms. The number of rotatable bonds is 3. The van der Waals surface area contributed by atoms with Gasteiger partial charge in [0.05, 0.1) is 11.1 Å². The van der Waals surface area contributed by atoms with Crippen LogP contribution in [0.4, 0.5) is 17.1 Å². The summed E-state index contributed by atoms with van der Waals surface area (Å²) in [6.45, 7) is 11.9. The Morgan fingerprint density at radius 2 is 0.986 bits per heavy atom. The fraction of sp³-hybridized carbons (Fsp3) is 0.118. The third-order valence-electron chi connectivity index (χ3n) is 16.1. The van der Waals surface area contributed by atoms with E-state index in [1.54, 1.807) is 0 Å². The largest absolute Gasteiger partial charge is 0.455 e. The van der Waals surface area contributed by atoms with Gasteiger partial charge in [0.25, 0.3) is 0 Å². The molecule has 0 saturated heterocycles. The molecule has 1 unspecified atom stereocenters. The predicted molar refractivity (Wildman–Crippen MR) is 292 cm³/mol. The van der Waals surface area contributed by atoms with E-state index in [-0.39, 0.29) is 5.41 Å². The number of hydrogen-bond donors (Lipinski definition) is 0. The molecule has 70 heavy (non-hydrogen) atoms. The molecular formula is C68H51NO. The summed E-state index contributed by atoms with van der Waals surface area (Å²) in [5.41, 5.74) is 25.3. The van der Waals surface area contributed by atoms with E-state index in [9.17, 15) is 0 Å². The van der Waals surface area contributed by atoms with Crippen molar-refractivity contribution in [3.05, 3.63) is 257 Å². The molecule has 0 amide bonds. The molecule has 3 heterocycles. The van der Waals surface area contributed by atoms with Gasteiger partial charge in [-0.2, -0.15) is 0 Å². The number of anilines is 3. The molecule has 0 fully saturated rings. The summed E-state index contributed by atoms with van der Waals surface area (Å²) >= 11 is 0. The van der Waals surface area contributed by atoms with Crippen LogP contribution in [0.15, 0.2) is 223 Å². The van der Waals surface area contributed by atoms with Gasteiger partial charge in [0.15, 0.2) is 0 Å². The van der Waals surface area contributed by atoms with Crippen LogP contribution in [0, 0.1) is 0 Å². The van der Waals surface area contributed by atoms with Crippen molar-refractivity contribution in [2.45, 2.75) is 50.9 Å². The second-order valence-corrected chi connectivity index (χ2v) is 21.2. The Kier molecular flexibility index (Phi) is 8.55. The second kappa shape index (κ2) is 14.7. The molecule has 334 valence electrons. The molecule has 15 rings (SSSR count). The lowest BCUT2D eigenvalue weighted by Gasteiger charge is -2.37. The van der Waals surface area contributed by atoms with Crippen LogP contribution < -0.4 is 4.90 Å². The lowest BCUT2D eigenvalue weighted by molar-refractivity contribution is 0.588. The molecular weight excluding hydrogens is 847 g/mol. The minimum atomic E-state index is -0.642. The van der Waals surface area contributed by atoms with Gasteiger partial charge in [-0.15, -0.1) is 0 Å². The van der Waals surface area contributed by atoms with E-state index in [0.29, 0.717) is 0 Å². The summed E-state index contributed by atoms with van der Waals surface area (Å²) in [7, 11) is 0. The van der Waals surface area contributed by atoms with E-state index < -0.39 is 10.8 Å². The van der Waals surface area contributed by atoms with Crippen molar-refractivity contribution < 1.29 is 4.42 Å². The maximum absolute atomic E-state index is 7.19. The van der Waals surface area contributed by atoms with Gasteiger partial charge in [-0.05, 0) is 143 Å². The van der Waals surface area contributed by atoms with Crippen molar-refractivity contribution in [1.82, 2.24) is 0 Å². The first-order valence-corrected chi connectivity index (χ1v) is 24.7. The fourth-order valence-corrected chi connectivity index (χ4v) is 12.5. The molecule has 11 aromatic rings. The maximum Gasteiger partial charge on any atom is 0.143 e. The summed E-state index contributed by atoms with van der Waals surface area (Å²) in [5.74, 6) is 0. The average Bonchev–Trinajstić information content (AvgIpc) is 4.02. The first-order chi connectivity index (χ1) is 34.1. The molecule has 10 aromatic carbocycles. The summed E-state index contributed by atoms with van der Waals surface area (Å²) in [4.78, 5) is 2.47. The summed E-state index contributed by atoms with van der Waals surface area (Å²) in [6.07, 6.45) is 0. The topological polar surface area (TPSA) is 16.4 Å². The van der Waals surface area contributed by atoms with Crippen molar-refractivity contribution in [3.8, 4) is 55.6 Å². The highest BCUT2D eigenvalue weighted by Gasteiger charge is 2.54. The van der Waals surface area contributed by atoms with Gasteiger partial charge < -0.3 is 9.32 Å². The molecule has 1 atom stereocenters. The Labute approximate surface area is 410 Å². The van der Waals surface area contributed by atoms with Crippen molar-refractivity contribution >= 4 is 39.0 Å². The van der Waals surface area contributed by atoms with E-state index in [0.717, 1.165) is 50.1 Å². The van der Waals surface area contributed by atoms with Crippen molar-refractivity contribution in [3.63, 3.8) is 0 Å². The van der Waals surface area contributed by atoms with Gasteiger partial charge in [-0.1, -0.05) is 204 Å². The number of nitrogens with zero attached hydrogens (tertiary/aromatic N) is 1. The fourth-order valence-electron chi connectivity index (χ4n) is 12.5. The van der Waals surface area contributed by atoms with Crippen LogP contribution in [0.2, 0.25) is 0 Å². The Bertz CT molecular complexity index is 3920. The molecule has 0 saturated carbocycles. The molecule has 2 heteroatoms. The van der Waals surface area contributed by atoms with Gasteiger partial charge in [0, 0.05) is 33.1 Å². The first kappa shape index (κ1) is 40.8. The van der Waals surface area contributed by atoms with Gasteiger partial charge in [0.2, 0.25) is 0 Å². The third kappa shape index (κ3) is 5.68. The first-order valence-electron chi connectivity index (χ1n) is 24.7. The van der Waals surface area contributed by atoms with Gasteiger partial charge in [-0.3, -0.25) is 0 Å². The van der Waals surface area contributed by atoms with Crippen LogP contribution >= 0.6 is 0 Å². The number of para-hydroxylation sites is 1. The smallest absolute Gasteiger partial charge is 0.143 e. The van der Waals surface area contributed by atoms with E-state index in [4.69, 9.17) is 4.42 Å². The zero-order chi connectivity index (χ0) is 47.1. The third-order valence-corrected chi connectivity index (χ3v) is 16.1. The van der Waals surface area contributed by atoms with E-state index >= 15 is 0 Å². The SMILES string of the molecule is CC(C)(C)c1ccc2c(c1)C13c4cc(ccc4-2)C(C)(C)c2cc(-c4ccccc4)ccc2N(c2ccc(-c4ccccc4)cc2)c2ccc(cc2)-c2c1c(cc1c2oc2ccccc21)-c1ccccc13. The lowest BCUT2D eigenvalue weighted by Crippen LogP contribution is -2.29. The predicted octanol–water partition coefficient (Wildman–Crippen LogP) is 18.3. The van der Waals surface area contributed by atoms with Crippen molar-refractivity contribution in [1.29, 1.82) is 0 Å². The van der Waals surface area contributed by atoms with E-state index in [2.05, 4.69) is 258 Å². The Balaban J connectivity index is 1.14. The molecule has 4 aliphatic rings. The Morgan fingerprint density at radius 3 is 1.70 bits per heavy atom. The quantitative estimate of drug-likeness (QED) is 0.176. The summed E-state index contributed by atoms with van der Waals surface area (Å²) < 4.78 is 7.19. The lowest BCUT2D eigenvalue weighted by atomic mass is 9.66. The molecule has 2 aliphatic heterocycles. The van der Waals surface area contributed by atoms with E-state index in [1.165, 1.54) is 83.5 Å². The van der Waals surface area contributed by atoms with Crippen molar-refractivity contribution in [2.75, 3.05) is 4.90 Å². The number of furan rings is 1. The average molecular weight is 898 g/mol. The van der Waals surface area contributed by atoms with Crippen LogP contribution in [0.1, 0.15) is 73.6 Å². The molecule has 0 N–H and O–H groups in total. The van der Waals surface area contributed by atoms with Gasteiger partial charge in [-0.25, -0.2) is 0 Å².